The molecule has 0 bridgehead atoms. The number of amides is 2. The van der Waals surface area contributed by atoms with E-state index in [0.717, 1.165) is 22.6 Å². The summed E-state index contributed by atoms with van der Waals surface area (Å²) in [7, 11) is 0. The van der Waals surface area contributed by atoms with E-state index in [9.17, 15) is 14.4 Å². The number of rotatable bonds is 5. The zero-order chi connectivity index (χ0) is 14.7. The van der Waals surface area contributed by atoms with E-state index >= 15 is 0 Å². The molecule has 1 aromatic heterocycles. The first-order chi connectivity index (χ1) is 9.52. The fourth-order valence-electron chi connectivity index (χ4n) is 2.12. The molecule has 1 fully saturated rings. The summed E-state index contributed by atoms with van der Waals surface area (Å²) in [5.74, 6) is -1.94. The summed E-state index contributed by atoms with van der Waals surface area (Å²) in [6.07, 6.45) is 0.825. The number of thiophene rings is 1. The highest BCUT2D eigenvalue weighted by molar-refractivity contribution is 7.13. The van der Waals surface area contributed by atoms with Gasteiger partial charge in [-0.15, -0.1) is 11.3 Å². The Morgan fingerprint density at radius 2 is 1.90 bits per heavy atom. The van der Waals surface area contributed by atoms with Gasteiger partial charge in [0.1, 0.15) is 4.88 Å². The highest BCUT2D eigenvalue weighted by Crippen LogP contribution is 2.19. The van der Waals surface area contributed by atoms with Crippen molar-refractivity contribution < 1.29 is 19.5 Å². The quantitative estimate of drug-likeness (QED) is 0.823. The van der Waals surface area contributed by atoms with Crippen molar-refractivity contribution in [3.05, 3.63) is 21.9 Å². The van der Waals surface area contributed by atoms with Gasteiger partial charge in [0.2, 0.25) is 0 Å². The number of hydrogen-bond donors (Lipinski definition) is 1. The van der Waals surface area contributed by atoms with E-state index in [-0.39, 0.29) is 4.88 Å². The molecular formula is C13H16N2O4S. The molecule has 1 aliphatic heterocycles. The molecular weight excluding hydrogens is 280 g/mol. The van der Waals surface area contributed by atoms with E-state index in [2.05, 4.69) is 0 Å². The van der Waals surface area contributed by atoms with Gasteiger partial charge in [-0.2, -0.15) is 0 Å². The van der Waals surface area contributed by atoms with Crippen LogP contribution in [0, 0.1) is 0 Å². The van der Waals surface area contributed by atoms with Gasteiger partial charge >= 0.3 is 17.8 Å². The maximum absolute atomic E-state index is 12.0. The first kappa shape index (κ1) is 14.5. The predicted molar refractivity (Wildman–Crippen MR) is 73.6 cm³/mol. The lowest BCUT2D eigenvalue weighted by molar-refractivity contribution is -0.156. The summed E-state index contributed by atoms with van der Waals surface area (Å²) >= 11 is 1.13. The van der Waals surface area contributed by atoms with Crippen LogP contribution in [0.25, 0.3) is 0 Å². The van der Waals surface area contributed by atoms with Crippen molar-refractivity contribution in [2.24, 2.45) is 0 Å². The highest BCUT2D eigenvalue weighted by atomic mass is 32.1. The average molecular weight is 296 g/mol. The second-order valence-corrected chi connectivity index (χ2v) is 5.76. The smallest absolute Gasteiger partial charge is 0.345 e. The SMILES string of the molecule is CCCN1CCN(Cc2ccc(C(=O)O)s2)C(=O)C1=O. The molecule has 1 aromatic rings. The molecule has 6 nitrogen and oxygen atoms in total. The van der Waals surface area contributed by atoms with E-state index in [0.29, 0.717) is 26.2 Å². The summed E-state index contributed by atoms with van der Waals surface area (Å²) in [6, 6.07) is 3.20. The van der Waals surface area contributed by atoms with Crippen molar-refractivity contribution in [1.82, 2.24) is 9.80 Å². The molecule has 20 heavy (non-hydrogen) atoms. The molecule has 0 unspecified atom stereocenters. The third-order valence-corrected chi connectivity index (χ3v) is 4.17. The van der Waals surface area contributed by atoms with Crippen LogP contribution < -0.4 is 0 Å². The first-order valence-corrected chi connectivity index (χ1v) is 7.24. The van der Waals surface area contributed by atoms with E-state index in [4.69, 9.17) is 5.11 Å². The van der Waals surface area contributed by atoms with Crippen molar-refractivity contribution >= 4 is 29.1 Å². The molecule has 2 heterocycles. The highest BCUT2D eigenvalue weighted by Gasteiger charge is 2.32. The van der Waals surface area contributed by atoms with Crippen molar-refractivity contribution in [2.75, 3.05) is 19.6 Å². The number of piperazine rings is 1. The normalized spacial score (nSPS) is 15.8. The monoisotopic (exact) mass is 296 g/mol. The molecule has 7 heteroatoms. The van der Waals surface area contributed by atoms with Gasteiger partial charge in [0, 0.05) is 24.5 Å². The van der Waals surface area contributed by atoms with Gasteiger partial charge < -0.3 is 14.9 Å². The van der Waals surface area contributed by atoms with Crippen molar-refractivity contribution in [3.8, 4) is 0 Å². The Bertz CT molecular complexity index is 540. The number of carboxylic acids is 1. The molecule has 0 radical (unpaired) electrons. The molecule has 1 N–H and O–H groups in total. The summed E-state index contributed by atoms with van der Waals surface area (Å²) in [5, 5.41) is 8.86. The third-order valence-electron chi connectivity index (χ3n) is 3.11. The topological polar surface area (TPSA) is 77.9 Å². The van der Waals surface area contributed by atoms with Gasteiger partial charge in [-0.25, -0.2) is 4.79 Å². The molecule has 0 aliphatic carbocycles. The van der Waals surface area contributed by atoms with Crippen LogP contribution >= 0.6 is 11.3 Å². The molecule has 1 saturated heterocycles. The fourth-order valence-corrected chi connectivity index (χ4v) is 2.98. The van der Waals surface area contributed by atoms with Gasteiger partial charge in [0.05, 0.1) is 6.54 Å². The summed E-state index contributed by atoms with van der Waals surface area (Å²) in [6.45, 7) is 3.88. The lowest BCUT2D eigenvalue weighted by Crippen LogP contribution is -2.53. The maximum atomic E-state index is 12.0. The summed E-state index contributed by atoms with van der Waals surface area (Å²) in [4.78, 5) is 38.7. The number of hydrogen-bond acceptors (Lipinski definition) is 4. The van der Waals surface area contributed by atoms with E-state index in [1.165, 1.54) is 11.0 Å². The molecule has 0 spiro atoms. The Morgan fingerprint density at radius 3 is 2.50 bits per heavy atom. The average Bonchev–Trinajstić information content (AvgIpc) is 2.87. The minimum atomic E-state index is -0.976. The van der Waals surface area contributed by atoms with Crippen LogP contribution in [-0.2, 0) is 16.1 Å². The first-order valence-electron chi connectivity index (χ1n) is 6.43. The van der Waals surface area contributed by atoms with Crippen LogP contribution in [0.3, 0.4) is 0 Å². The van der Waals surface area contributed by atoms with Crippen LogP contribution in [0.2, 0.25) is 0 Å². The van der Waals surface area contributed by atoms with Crippen LogP contribution in [0.15, 0.2) is 12.1 Å². The van der Waals surface area contributed by atoms with Gasteiger partial charge in [-0.3, -0.25) is 9.59 Å². The summed E-state index contributed by atoms with van der Waals surface area (Å²) in [5.41, 5.74) is 0. The zero-order valence-electron chi connectivity index (χ0n) is 11.2. The number of carboxylic acid groups (broad SMARTS) is 1. The Kier molecular flexibility index (Phi) is 4.39. The molecule has 108 valence electrons. The van der Waals surface area contributed by atoms with Crippen LogP contribution in [0.5, 0.6) is 0 Å². The number of nitrogens with zero attached hydrogens (tertiary/aromatic N) is 2. The molecule has 2 rings (SSSR count). The van der Waals surface area contributed by atoms with E-state index in [1.54, 1.807) is 11.0 Å². The van der Waals surface area contributed by atoms with Crippen molar-refractivity contribution in [3.63, 3.8) is 0 Å². The Balaban J connectivity index is 2.01. The third kappa shape index (κ3) is 2.98. The second-order valence-electron chi connectivity index (χ2n) is 4.59. The molecule has 1 aliphatic rings. The molecule has 0 aromatic carbocycles. The molecule has 0 atom stereocenters. The lowest BCUT2D eigenvalue weighted by atomic mass is 10.2. The number of carbonyl (C=O) groups excluding carboxylic acids is 2. The van der Waals surface area contributed by atoms with Crippen molar-refractivity contribution in [2.45, 2.75) is 19.9 Å². The molecule has 2 amide bonds. The van der Waals surface area contributed by atoms with Gasteiger partial charge in [0.25, 0.3) is 0 Å². The minimum Gasteiger partial charge on any atom is -0.477 e. The van der Waals surface area contributed by atoms with Crippen LogP contribution in [0.1, 0.15) is 27.9 Å². The van der Waals surface area contributed by atoms with E-state index < -0.39 is 17.8 Å². The lowest BCUT2D eigenvalue weighted by Gasteiger charge is -2.33. The minimum absolute atomic E-state index is 0.239. The second kappa shape index (κ2) is 6.04. The van der Waals surface area contributed by atoms with Gasteiger partial charge in [-0.1, -0.05) is 6.92 Å². The van der Waals surface area contributed by atoms with Crippen LogP contribution in [-0.4, -0.2) is 52.3 Å². The largest absolute Gasteiger partial charge is 0.477 e. The summed E-state index contributed by atoms with van der Waals surface area (Å²) < 4.78 is 0. The maximum Gasteiger partial charge on any atom is 0.345 e. The number of aromatic carboxylic acids is 1. The predicted octanol–water partition coefficient (Wildman–Crippen LogP) is 1.03. The fraction of sp³-hybridized carbons (Fsp3) is 0.462. The van der Waals surface area contributed by atoms with Gasteiger partial charge in [-0.05, 0) is 18.6 Å². The number of carbonyl (C=O) groups is 3. The molecule has 0 saturated carbocycles. The van der Waals surface area contributed by atoms with Crippen LogP contribution in [0.4, 0.5) is 0 Å². The van der Waals surface area contributed by atoms with E-state index in [1.807, 2.05) is 6.92 Å². The standard InChI is InChI=1S/C13H16N2O4S/c1-2-5-14-6-7-15(12(17)11(14)16)8-9-3-4-10(20-9)13(18)19/h3-4H,2,5-8H2,1H3,(H,18,19). The Hall–Kier alpha value is -1.89. The Morgan fingerprint density at radius 1 is 1.25 bits per heavy atom. The van der Waals surface area contributed by atoms with Gasteiger partial charge in [0.15, 0.2) is 0 Å². The zero-order valence-corrected chi connectivity index (χ0v) is 12.0. The van der Waals surface area contributed by atoms with Crippen molar-refractivity contribution in [1.29, 1.82) is 0 Å². The Labute approximate surface area is 120 Å².